The topological polar surface area (TPSA) is 128 Å². The van der Waals surface area contributed by atoms with Crippen molar-refractivity contribution in [3.05, 3.63) is 80.4 Å². The Kier molecular flexibility index (Phi) is 7.20. The van der Waals surface area contributed by atoms with E-state index in [1.54, 1.807) is 13.0 Å². The van der Waals surface area contributed by atoms with Gasteiger partial charge in [0.1, 0.15) is 5.82 Å². The first-order valence-electron chi connectivity index (χ1n) is 10.3. The van der Waals surface area contributed by atoms with Crippen LogP contribution in [0.4, 0.5) is 4.39 Å². The van der Waals surface area contributed by atoms with Gasteiger partial charge in [0.05, 0.1) is 11.6 Å². The van der Waals surface area contributed by atoms with Gasteiger partial charge < -0.3 is 15.9 Å². The average Bonchev–Trinajstić information content (AvgIpc) is 3.51. The molecule has 0 saturated heterocycles. The summed E-state index contributed by atoms with van der Waals surface area (Å²) in [6.07, 6.45) is 2.45. The lowest BCUT2D eigenvalue weighted by Gasteiger charge is -2.20. The van der Waals surface area contributed by atoms with Crippen molar-refractivity contribution < 1.29 is 13.6 Å². The zero-order valence-electron chi connectivity index (χ0n) is 18.2. The number of benzene rings is 2. The number of hydrogen-bond donors (Lipinski definition) is 4. The minimum absolute atomic E-state index is 0.0813. The van der Waals surface area contributed by atoms with Crippen LogP contribution in [0.5, 0.6) is 0 Å². The van der Waals surface area contributed by atoms with Gasteiger partial charge in [0, 0.05) is 10.8 Å². The Morgan fingerprint density at radius 3 is 2.53 bits per heavy atom. The minimum atomic E-state index is -0.686. The molecule has 0 radical (unpaired) electrons. The fraction of sp³-hybridized carbons (Fsp3) is 0.348. The van der Waals surface area contributed by atoms with E-state index >= 15 is 0 Å². The van der Waals surface area contributed by atoms with Crippen LogP contribution in [0, 0.1) is 19.7 Å². The molecule has 9 heteroatoms. The predicted molar refractivity (Wildman–Crippen MR) is 123 cm³/mol. The van der Waals surface area contributed by atoms with Gasteiger partial charge in [-0.05, 0) is 73.1 Å². The number of primary amides is 1. The van der Waals surface area contributed by atoms with Crippen LogP contribution in [0.1, 0.15) is 76.1 Å². The number of aromatic nitrogens is 2. The van der Waals surface area contributed by atoms with E-state index in [1.165, 1.54) is 24.5 Å². The molecule has 2 unspecified atom stereocenters. The summed E-state index contributed by atoms with van der Waals surface area (Å²) in [6.45, 7) is 5.53. The molecule has 4 rings (SSSR count). The molecule has 0 spiro atoms. The van der Waals surface area contributed by atoms with Crippen LogP contribution < -0.4 is 17.2 Å². The van der Waals surface area contributed by atoms with Crippen LogP contribution in [0.25, 0.3) is 0 Å². The molecular formula is C23H27FN4O3S. The van der Waals surface area contributed by atoms with E-state index in [0.29, 0.717) is 21.9 Å². The number of nitrogens with two attached hydrogens (primary N) is 2. The van der Waals surface area contributed by atoms with Crippen molar-refractivity contribution in [1.29, 1.82) is 0 Å². The van der Waals surface area contributed by atoms with Gasteiger partial charge in [0.2, 0.25) is 11.8 Å². The van der Waals surface area contributed by atoms with Crippen molar-refractivity contribution in [2.75, 3.05) is 0 Å². The minimum Gasteiger partial charge on any atom is -0.391 e. The summed E-state index contributed by atoms with van der Waals surface area (Å²) in [5, 5.41) is 5.84. The third kappa shape index (κ3) is 5.28. The largest absolute Gasteiger partial charge is 0.434 e. The molecule has 1 heterocycles. The Balaban J connectivity index is 0.000000193. The predicted octanol–water partition coefficient (Wildman–Crippen LogP) is 3.87. The normalized spacial score (nSPS) is 14.9. The summed E-state index contributed by atoms with van der Waals surface area (Å²) in [5.74, 6) is -1.01. The maximum atomic E-state index is 14.0. The molecule has 1 aromatic heterocycles. The number of hydrogen-bond acceptors (Lipinski definition) is 6. The number of halogens is 1. The molecule has 0 aliphatic heterocycles. The van der Waals surface area contributed by atoms with Crippen molar-refractivity contribution in [3.63, 3.8) is 0 Å². The lowest BCUT2D eigenvalue weighted by molar-refractivity contribution is 0.0997. The van der Waals surface area contributed by atoms with Gasteiger partial charge in [0.15, 0.2) is 0 Å². The van der Waals surface area contributed by atoms with Crippen molar-refractivity contribution in [1.82, 2.24) is 10.2 Å². The second-order valence-corrected chi connectivity index (χ2v) is 8.57. The Morgan fingerprint density at radius 1 is 1.28 bits per heavy atom. The number of carbonyl (C=O) groups is 1. The molecule has 170 valence electrons. The molecule has 1 aliphatic carbocycles. The summed E-state index contributed by atoms with van der Waals surface area (Å²) in [6, 6.07) is 8.18. The molecule has 2 atom stereocenters. The molecule has 5 N–H and O–H groups in total. The Labute approximate surface area is 190 Å². The number of nitrogens with one attached hydrogen (secondary N) is 1. The highest BCUT2D eigenvalue weighted by atomic mass is 32.1. The van der Waals surface area contributed by atoms with Gasteiger partial charge in [-0.3, -0.25) is 4.79 Å². The zero-order valence-corrected chi connectivity index (χ0v) is 19.1. The van der Waals surface area contributed by atoms with Crippen molar-refractivity contribution in [2.45, 2.75) is 56.4 Å². The average molecular weight is 459 g/mol. The first kappa shape index (κ1) is 23.7. The third-order valence-electron chi connectivity index (χ3n) is 5.80. The van der Waals surface area contributed by atoms with Gasteiger partial charge in [-0.1, -0.05) is 19.1 Å². The number of H-pyrrole nitrogens is 1. The fourth-order valence-corrected chi connectivity index (χ4v) is 3.81. The monoisotopic (exact) mass is 458 g/mol. The highest BCUT2D eigenvalue weighted by molar-refractivity contribution is 7.80. The molecular weight excluding hydrogens is 431 g/mol. The van der Waals surface area contributed by atoms with Crippen LogP contribution in [-0.4, -0.2) is 16.1 Å². The highest BCUT2D eigenvalue weighted by Gasteiger charge is 2.26. The quantitative estimate of drug-likeness (QED) is 0.432. The van der Waals surface area contributed by atoms with Gasteiger partial charge in [-0.2, -0.15) is 0 Å². The second kappa shape index (κ2) is 9.70. The summed E-state index contributed by atoms with van der Waals surface area (Å²) in [4.78, 5) is 22.6. The maximum absolute atomic E-state index is 14.0. The number of carbonyl (C=O) groups excluding carboxylic acids is 1. The van der Waals surface area contributed by atoms with Crippen molar-refractivity contribution >= 4 is 18.5 Å². The lowest BCUT2D eigenvalue weighted by atomic mass is 9.88. The summed E-state index contributed by atoms with van der Waals surface area (Å²) >= 11 is 4.17. The molecule has 2 aromatic carbocycles. The number of amides is 1. The number of aryl methyl sites for hydroxylation is 1. The van der Waals surface area contributed by atoms with Gasteiger partial charge in [-0.25, -0.2) is 14.3 Å². The van der Waals surface area contributed by atoms with E-state index in [2.05, 4.69) is 22.8 Å². The molecule has 32 heavy (non-hydrogen) atoms. The van der Waals surface area contributed by atoms with Gasteiger partial charge in [0.25, 0.3) is 0 Å². The molecule has 1 aliphatic rings. The van der Waals surface area contributed by atoms with Crippen LogP contribution >= 0.6 is 12.6 Å². The molecule has 3 aromatic rings. The fourth-order valence-electron chi connectivity index (χ4n) is 3.56. The Bertz CT molecular complexity index is 1190. The first-order chi connectivity index (χ1) is 15.1. The van der Waals surface area contributed by atoms with Crippen molar-refractivity contribution in [3.8, 4) is 0 Å². The van der Waals surface area contributed by atoms with E-state index < -0.39 is 17.7 Å². The molecule has 1 fully saturated rings. The van der Waals surface area contributed by atoms with E-state index in [9.17, 15) is 14.0 Å². The summed E-state index contributed by atoms with van der Waals surface area (Å²) < 4.78 is 18.8. The smallest absolute Gasteiger partial charge is 0.391 e. The molecule has 0 bridgehead atoms. The first-order valence-corrected chi connectivity index (χ1v) is 10.7. The molecule has 7 nitrogen and oxygen atoms in total. The zero-order chi connectivity index (χ0) is 23.6. The SMILES string of the molecule is Cc1ccc(F)c(C(C)C(N)c2n[nH]c(=O)o2)c1C.NC(=O)c1cc(C2CC2)ccc1S. The third-order valence-corrected chi connectivity index (χ3v) is 6.19. The van der Waals surface area contributed by atoms with Crippen LogP contribution in [0.2, 0.25) is 0 Å². The van der Waals surface area contributed by atoms with Gasteiger partial charge >= 0.3 is 5.76 Å². The number of thiol groups is 1. The van der Waals surface area contributed by atoms with Crippen LogP contribution in [0.15, 0.2) is 44.4 Å². The molecule has 1 saturated carbocycles. The summed E-state index contributed by atoms with van der Waals surface area (Å²) in [5.41, 5.74) is 15.3. The number of aromatic amines is 1. The van der Waals surface area contributed by atoms with E-state index in [0.717, 1.165) is 11.1 Å². The van der Waals surface area contributed by atoms with E-state index in [-0.39, 0.29) is 17.6 Å². The highest BCUT2D eigenvalue weighted by Crippen LogP contribution is 2.40. The lowest BCUT2D eigenvalue weighted by Crippen LogP contribution is -2.20. The summed E-state index contributed by atoms with van der Waals surface area (Å²) in [7, 11) is 0. The Hall–Kier alpha value is -2.91. The number of rotatable bonds is 5. The van der Waals surface area contributed by atoms with E-state index in [4.69, 9.17) is 15.9 Å². The standard InChI is InChI=1S/C13H16FN3O2.C10H11NOS/c1-6-4-5-9(14)10(7(6)2)8(3)11(15)12-16-17-13(18)19-12;11-10(12)8-5-7(6-1-2-6)3-4-9(8)13/h4-5,8,11H,15H2,1-3H3,(H,17,18);3-6,13H,1-2H2,(H2,11,12). The van der Waals surface area contributed by atoms with Crippen LogP contribution in [-0.2, 0) is 0 Å². The molecule has 1 amide bonds. The van der Waals surface area contributed by atoms with Crippen molar-refractivity contribution in [2.24, 2.45) is 11.5 Å². The van der Waals surface area contributed by atoms with E-state index in [1.807, 2.05) is 32.0 Å². The van der Waals surface area contributed by atoms with Gasteiger partial charge in [-0.15, -0.1) is 17.7 Å². The van der Waals surface area contributed by atoms with Crippen LogP contribution in [0.3, 0.4) is 0 Å². The Morgan fingerprint density at radius 2 is 1.97 bits per heavy atom. The number of nitrogens with zero attached hydrogens (tertiary/aromatic N) is 1. The maximum Gasteiger partial charge on any atom is 0.434 e. The second-order valence-electron chi connectivity index (χ2n) is 8.08.